The second kappa shape index (κ2) is 10.6. The molecule has 0 aliphatic carbocycles. The van der Waals surface area contributed by atoms with Gasteiger partial charge in [-0.05, 0) is 73.2 Å². The molecule has 1 fully saturated rings. The van der Waals surface area contributed by atoms with Gasteiger partial charge in [-0.3, -0.25) is 4.98 Å². The molecule has 0 radical (unpaired) electrons. The van der Waals surface area contributed by atoms with Crippen molar-refractivity contribution in [2.24, 2.45) is 0 Å². The van der Waals surface area contributed by atoms with Crippen LogP contribution in [0.15, 0.2) is 93.9 Å². The largest absolute Gasteiger partial charge is 0.459 e. The summed E-state index contributed by atoms with van der Waals surface area (Å²) < 4.78 is 21.5. The maximum Gasteiger partial charge on any atom is 0.170 e. The van der Waals surface area contributed by atoms with Crippen LogP contribution in [0.5, 0.6) is 0 Å². The number of furan rings is 1. The zero-order valence-electron chi connectivity index (χ0n) is 18.8. The molecule has 0 amide bonds. The molecule has 178 valence electrons. The van der Waals surface area contributed by atoms with Gasteiger partial charge < -0.3 is 20.0 Å². The molecule has 3 heterocycles. The minimum atomic E-state index is -0.342. The van der Waals surface area contributed by atoms with Crippen LogP contribution >= 0.6 is 28.1 Å². The minimum absolute atomic E-state index is 0.181. The predicted octanol–water partition coefficient (Wildman–Crippen LogP) is 6.72. The number of benzene rings is 2. The van der Waals surface area contributed by atoms with Gasteiger partial charge in [0.25, 0.3) is 0 Å². The summed E-state index contributed by atoms with van der Waals surface area (Å²) in [7, 11) is 0. The van der Waals surface area contributed by atoms with Crippen molar-refractivity contribution in [2.75, 3.05) is 18.4 Å². The lowest BCUT2D eigenvalue weighted by atomic mass is 10.0. The van der Waals surface area contributed by atoms with Crippen molar-refractivity contribution in [3.05, 3.63) is 107 Å². The molecule has 5 nitrogen and oxygen atoms in total. The Balaban J connectivity index is 1.39. The smallest absolute Gasteiger partial charge is 0.170 e. The lowest BCUT2D eigenvalue weighted by molar-refractivity contribution is 0.274. The topological polar surface area (TPSA) is 53.3 Å². The number of thiocarbonyl (C=S) groups is 1. The van der Waals surface area contributed by atoms with E-state index >= 15 is 0 Å². The number of nitrogens with zero attached hydrogens (tertiary/aromatic N) is 2. The summed E-state index contributed by atoms with van der Waals surface area (Å²) in [5.41, 5.74) is 2.38. The number of hydrogen-bond acceptors (Lipinski definition) is 4. The van der Waals surface area contributed by atoms with Gasteiger partial charge in [0.2, 0.25) is 0 Å². The fraction of sp³-hybridized carbons (Fsp3) is 0.185. The number of anilines is 1. The van der Waals surface area contributed by atoms with Crippen molar-refractivity contribution in [1.82, 2.24) is 15.2 Å². The maximum absolute atomic E-state index is 14.6. The van der Waals surface area contributed by atoms with Gasteiger partial charge in [0.05, 0.1) is 17.3 Å². The molecule has 35 heavy (non-hydrogen) atoms. The summed E-state index contributed by atoms with van der Waals surface area (Å²) in [6.45, 7) is 1.53. The molecular weight excluding hydrogens is 527 g/mol. The van der Waals surface area contributed by atoms with Gasteiger partial charge in [-0.25, -0.2) is 4.39 Å². The van der Waals surface area contributed by atoms with Crippen molar-refractivity contribution >= 4 is 38.9 Å². The van der Waals surface area contributed by atoms with Crippen LogP contribution in [0.4, 0.5) is 10.1 Å². The van der Waals surface area contributed by atoms with Crippen molar-refractivity contribution in [3.63, 3.8) is 0 Å². The van der Waals surface area contributed by atoms with Crippen LogP contribution in [0.2, 0.25) is 0 Å². The Hall–Kier alpha value is -3.23. The normalized spacial score (nSPS) is 17.4. The molecular formula is C27H24BrFN4OS. The summed E-state index contributed by atoms with van der Waals surface area (Å²) in [4.78, 5) is 6.70. The zero-order chi connectivity index (χ0) is 24.2. The van der Waals surface area contributed by atoms with E-state index in [1.807, 2.05) is 60.7 Å². The summed E-state index contributed by atoms with van der Waals surface area (Å²) in [6.07, 6.45) is 2.64. The number of nitrogens with one attached hydrogen (secondary N) is 2. The highest BCUT2D eigenvalue weighted by Crippen LogP contribution is 2.40. The average Bonchev–Trinajstić information content (AvgIpc) is 3.47. The second-order valence-corrected chi connectivity index (χ2v) is 9.59. The van der Waals surface area contributed by atoms with Crippen molar-refractivity contribution in [2.45, 2.75) is 18.5 Å². The van der Waals surface area contributed by atoms with Gasteiger partial charge in [-0.1, -0.05) is 40.2 Å². The van der Waals surface area contributed by atoms with Crippen LogP contribution < -0.4 is 10.6 Å². The summed E-state index contributed by atoms with van der Waals surface area (Å²) in [5, 5.41) is 7.53. The van der Waals surface area contributed by atoms with Crippen LogP contribution in [0.1, 0.15) is 30.0 Å². The molecule has 2 aromatic carbocycles. The predicted molar refractivity (Wildman–Crippen MR) is 144 cm³/mol. The molecule has 1 aliphatic rings. The van der Waals surface area contributed by atoms with Crippen LogP contribution in [-0.4, -0.2) is 28.1 Å². The monoisotopic (exact) mass is 550 g/mol. The lowest BCUT2D eigenvalue weighted by Crippen LogP contribution is -2.31. The van der Waals surface area contributed by atoms with Crippen molar-refractivity contribution in [1.29, 1.82) is 0 Å². The average molecular weight is 551 g/mol. The molecule has 0 saturated carbocycles. The van der Waals surface area contributed by atoms with Gasteiger partial charge in [-0.15, -0.1) is 0 Å². The summed E-state index contributed by atoms with van der Waals surface area (Å²) in [5.74, 6) is 0.847. The van der Waals surface area contributed by atoms with Crippen LogP contribution in [0.3, 0.4) is 0 Å². The zero-order valence-corrected chi connectivity index (χ0v) is 21.2. The van der Waals surface area contributed by atoms with E-state index in [9.17, 15) is 4.39 Å². The Morgan fingerprint density at radius 3 is 2.66 bits per heavy atom. The van der Waals surface area contributed by atoms with Crippen molar-refractivity contribution < 1.29 is 8.81 Å². The van der Waals surface area contributed by atoms with Crippen LogP contribution in [-0.2, 0) is 0 Å². The van der Waals surface area contributed by atoms with E-state index in [1.54, 1.807) is 18.3 Å². The SMILES string of the molecule is Fc1cc(Br)ccc1-c1ccc(C2C(c3ccccn3)NC(=S)N2CCCNc2ccccc2)o1. The highest BCUT2D eigenvalue weighted by atomic mass is 79.9. The highest BCUT2D eigenvalue weighted by Gasteiger charge is 2.41. The fourth-order valence-corrected chi connectivity index (χ4v) is 5.00. The van der Waals surface area contributed by atoms with E-state index in [1.165, 1.54) is 6.07 Å². The molecule has 5 rings (SSSR count). The van der Waals surface area contributed by atoms with Gasteiger partial charge in [0, 0.05) is 29.4 Å². The first-order chi connectivity index (χ1) is 17.1. The van der Waals surface area contributed by atoms with E-state index in [4.69, 9.17) is 16.6 Å². The molecule has 2 unspecified atom stereocenters. The van der Waals surface area contributed by atoms with Gasteiger partial charge >= 0.3 is 0 Å². The molecule has 2 atom stereocenters. The number of para-hydroxylation sites is 1. The van der Waals surface area contributed by atoms with Crippen LogP contribution in [0.25, 0.3) is 11.3 Å². The van der Waals surface area contributed by atoms with E-state index in [0.717, 1.165) is 30.9 Å². The Labute approximate surface area is 217 Å². The van der Waals surface area contributed by atoms with E-state index in [0.29, 0.717) is 26.7 Å². The van der Waals surface area contributed by atoms with E-state index < -0.39 is 0 Å². The highest BCUT2D eigenvalue weighted by molar-refractivity contribution is 9.10. The number of rotatable bonds is 8. The molecule has 2 N–H and O–H groups in total. The Kier molecular flexibility index (Phi) is 7.11. The van der Waals surface area contributed by atoms with Gasteiger partial charge in [-0.2, -0.15) is 0 Å². The quantitative estimate of drug-likeness (QED) is 0.187. The molecule has 0 bridgehead atoms. The lowest BCUT2D eigenvalue weighted by Gasteiger charge is -2.26. The Morgan fingerprint density at radius 1 is 1.06 bits per heavy atom. The maximum atomic E-state index is 14.6. The fourth-order valence-electron chi connectivity index (χ4n) is 4.34. The standard InChI is InChI=1S/C27H24BrFN4OS/c28-18-10-11-20(21(29)17-18)23-12-13-24(34-23)26-25(22-9-4-5-14-31-22)32-27(35)33(26)16-6-15-30-19-7-2-1-3-8-19/h1-5,7-14,17,25-26,30H,6,15-16H2,(H,32,35). The van der Waals surface area contributed by atoms with E-state index in [2.05, 4.69) is 36.4 Å². The number of hydrogen-bond donors (Lipinski definition) is 2. The first kappa shape index (κ1) is 23.5. The molecule has 8 heteroatoms. The molecule has 1 aliphatic heterocycles. The van der Waals surface area contributed by atoms with E-state index in [-0.39, 0.29) is 17.9 Å². The van der Waals surface area contributed by atoms with Crippen molar-refractivity contribution in [3.8, 4) is 11.3 Å². The second-order valence-electron chi connectivity index (χ2n) is 8.29. The first-order valence-corrected chi connectivity index (χ1v) is 12.6. The molecule has 2 aromatic heterocycles. The van der Waals surface area contributed by atoms with Gasteiger partial charge in [0.1, 0.15) is 23.4 Å². The minimum Gasteiger partial charge on any atom is -0.459 e. The third kappa shape index (κ3) is 5.23. The number of pyridine rings is 1. The molecule has 1 saturated heterocycles. The molecule has 0 spiro atoms. The Bertz CT molecular complexity index is 1300. The summed E-state index contributed by atoms with van der Waals surface area (Å²) >= 11 is 9.04. The third-order valence-electron chi connectivity index (χ3n) is 5.99. The summed E-state index contributed by atoms with van der Waals surface area (Å²) in [6, 6.07) is 24.2. The Morgan fingerprint density at radius 2 is 1.89 bits per heavy atom. The molecule has 4 aromatic rings. The number of halogens is 2. The first-order valence-electron chi connectivity index (χ1n) is 11.4. The number of aromatic nitrogens is 1. The third-order valence-corrected chi connectivity index (χ3v) is 6.84. The van der Waals surface area contributed by atoms with Gasteiger partial charge in [0.15, 0.2) is 5.11 Å². The van der Waals surface area contributed by atoms with Crippen LogP contribution in [0, 0.1) is 5.82 Å².